The zero-order valence-corrected chi connectivity index (χ0v) is 11.7. The Labute approximate surface area is 116 Å². The summed E-state index contributed by atoms with van der Waals surface area (Å²) in [5.74, 6) is -0.446. The molecule has 0 aliphatic heterocycles. The van der Waals surface area contributed by atoms with Crippen LogP contribution in [0.3, 0.4) is 0 Å². The van der Waals surface area contributed by atoms with E-state index in [0.29, 0.717) is 17.9 Å². The van der Waals surface area contributed by atoms with Gasteiger partial charge in [-0.25, -0.2) is 8.78 Å². The average Bonchev–Trinajstić information content (AvgIpc) is 2.83. The molecule has 0 radical (unpaired) electrons. The molecular weight excluding hydrogens is 264 g/mol. The Balaban J connectivity index is 2.49. The summed E-state index contributed by atoms with van der Waals surface area (Å²) in [4.78, 5) is 0. The molecule has 1 aromatic heterocycles. The Morgan fingerprint density at radius 3 is 2.35 bits per heavy atom. The number of furan rings is 1. The van der Waals surface area contributed by atoms with Crippen LogP contribution in [0.2, 0.25) is 0 Å². The van der Waals surface area contributed by atoms with E-state index in [0.717, 1.165) is 0 Å². The highest BCUT2D eigenvalue weighted by atomic mass is 19.1. The molecule has 0 aliphatic carbocycles. The summed E-state index contributed by atoms with van der Waals surface area (Å²) in [6.07, 6.45) is 1.51. The lowest BCUT2D eigenvalue weighted by molar-refractivity contribution is 0.403. The molecule has 20 heavy (non-hydrogen) atoms. The molecule has 0 amide bonds. The molecule has 3 nitrogen and oxygen atoms in total. The SMILES string of the molecule is CCNC(c1coc(C)c1)c1c(F)cc(OC)cc1F. The van der Waals surface area contributed by atoms with Crippen LogP contribution in [0.4, 0.5) is 8.78 Å². The van der Waals surface area contributed by atoms with Crippen LogP contribution in [0.25, 0.3) is 0 Å². The number of methoxy groups -OCH3 is 1. The summed E-state index contributed by atoms with van der Waals surface area (Å²) in [5.41, 5.74) is 0.653. The van der Waals surface area contributed by atoms with Gasteiger partial charge in [0, 0.05) is 23.3 Å². The van der Waals surface area contributed by atoms with Gasteiger partial charge in [-0.2, -0.15) is 0 Å². The summed E-state index contributed by atoms with van der Waals surface area (Å²) < 4.78 is 38.4. The maximum Gasteiger partial charge on any atom is 0.134 e. The smallest absolute Gasteiger partial charge is 0.134 e. The molecule has 2 rings (SSSR count). The molecule has 0 saturated carbocycles. The fourth-order valence-electron chi connectivity index (χ4n) is 2.16. The van der Waals surface area contributed by atoms with Crippen molar-refractivity contribution >= 4 is 0 Å². The third-order valence-corrected chi connectivity index (χ3v) is 3.07. The first kappa shape index (κ1) is 14.5. The Kier molecular flexibility index (Phi) is 4.39. The van der Waals surface area contributed by atoms with Gasteiger partial charge in [-0.3, -0.25) is 0 Å². The van der Waals surface area contributed by atoms with Crippen LogP contribution >= 0.6 is 0 Å². The second-order valence-electron chi connectivity index (χ2n) is 4.49. The van der Waals surface area contributed by atoms with Crippen LogP contribution in [-0.2, 0) is 0 Å². The van der Waals surface area contributed by atoms with Crippen molar-refractivity contribution in [1.82, 2.24) is 5.32 Å². The molecule has 0 bridgehead atoms. The first-order valence-electron chi connectivity index (χ1n) is 6.38. The van der Waals surface area contributed by atoms with Crippen LogP contribution in [0.1, 0.15) is 29.9 Å². The summed E-state index contributed by atoms with van der Waals surface area (Å²) in [6.45, 7) is 4.23. The van der Waals surface area contributed by atoms with E-state index in [2.05, 4.69) is 5.32 Å². The van der Waals surface area contributed by atoms with Gasteiger partial charge in [-0.05, 0) is 19.5 Å². The van der Waals surface area contributed by atoms with Crippen molar-refractivity contribution in [1.29, 1.82) is 0 Å². The van der Waals surface area contributed by atoms with Gasteiger partial charge < -0.3 is 14.5 Å². The van der Waals surface area contributed by atoms with Gasteiger partial charge in [-0.15, -0.1) is 0 Å². The Morgan fingerprint density at radius 2 is 1.90 bits per heavy atom. The van der Waals surface area contributed by atoms with Crippen LogP contribution < -0.4 is 10.1 Å². The predicted molar refractivity (Wildman–Crippen MR) is 71.9 cm³/mol. The normalized spacial score (nSPS) is 12.4. The highest BCUT2D eigenvalue weighted by Crippen LogP contribution is 2.30. The first-order valence-corrected chi connectivity index (χ1v) is 6.38. The Bertz CT molecular complexity index is 572. The van der Waals surface area contributed by atoms with Gasteiger partial charge in [0.1, 0.15) is 23.1 Å². The number of benzene rings is 1. The highest BCUT2D eigenvalue weighted by molar-refractivity contribution is 5.37. The quantitative estimate of drug-likeness (QED) is 0.909. The monoisotopic (exact) mass is 281 g/mol. The molecular formula is C15H17F2NO2. The molecule has 1 atom stereocenters. The zero-order valence-electron chi connectivity index (χ0n) is 11.7. The third kappa shape index (κ3) is 2.82. The van der Waals surface area contributed by atoms with Gasteiger partial charge in [0.05, 0.1) is 19.4 Å². The number of aryl methyl sites for hydroxylation is 1. The van der Waals surface area contributed by atoms with Crippen molar-refractivity contribution in [2.24, 2.45) is 0 Å². The van der Waals surface area contributed by atoms with Gasteiger partial charge in [0.15, 0.2) is 0 Å². The number of rotatable bonds is 5. The van der Waals surface area contributed by atoms with Crippen LogP contribution in [0.15, 0.2) is 28.9 Å². The molecule has 1 heterocycles. The largest absolute Gasteiger partial charge is 0.497 e. The molecule has 0 saturated heterocycles. The van der Waals surface area contributed by atoms with Crippen LogP contribution in [0.5, 0.6) is 5.75 Å². The Morgan fingerprint density at radius 1 is 1.25 bits per heavy atom. The Hall–Kier alpha value is -1.88. The van der Waals surface area contributed by atoms with E-state index in [4.69, 9.17) is 9.15 Å². The lowest BCUT2D eigenvalue weighted by atomic mass is 9.99. The maximum absolute atomic E-state index is 14.2. The average molecular weight is 281 g/mol. The second kappa shape index (κ2) is 6.05. The van der Waals surface area contributed by atoms with Crippen molar-refractivity contribution < 1.29 is 17.9 Å². The molecule has 1 N–H and O–H groups in total. The summed E-state index contributed by atoms with van der Waals surface area (Å²) in [5, 5.41) is 3.07. The van der Waals surface area contributed by atoms with E-state index in [9.17, 15) is 8.78 Å². The number of ether oxygens (including phenoxy) is 1. The number of halogens is 2. The summed E-state index contributed by atoms with van der Waals surface area (Å²) in [7, 11) is 1.37. The predicted octanol–water partition coefficient (Wildman–Crippen LogP) is 3.57. The van der Waals surface area contributed by atoms with E-state index < -0.39 is 17.7 Å². The fourth-order valence-corrected chi connectivity index (χ4v) is 2.16. The van der Waals surface area contributed by atoms with Gasteiger partial charge in [-0.1, -0.05) is 6.92 Å². The molecule has 5 heteroatoms. The minimum atomic E-state index is -0.647. The second-order valence-corrected chi connectivity index (χ2v) is 4.49. The van der Waals surface area contributed by atoms with Crippen molar-refractivity contribution in [3.8, 4) is 5.75 Å². The first-order chi connectivity index (χ1) is 9.56. The van der Waals surface area contributed by atoms with E-state index >= 15 is 0 Å². The van der Waals surface area contributed by atoms with E-state index in [-0.39, 0.29) is 11.3 Å². The van der Waals surface area contributed by atoms with Gasteiger partial charge in [0.25, 0.3) is 0 Å². The fraction of sp³-hybridized carbons (Fsp3) is 0.333. The van der Waals surface area contributed by atoms with Gasteiger partial charge in [0.2, 0.25) is 0 Å². The van der Waals surface area contributed by atoms with E-state index in [1.165, 1.54) is 25.5 Å². The van der Waals surface area contributed by atoms with Crippen molar-refractivity contribution in [2.45, 2.75) is 19.9 Å². The van der Waals surface area contributed by atoms with Crippen LogP contribution in [0, 0.1) is 18.6 Å². The zero-order chi connectivity index (χ0) is 14.7. The molecule has 2 aromatic rings. The molecule has 108 valence electrons. The number of nitrogens with one attached hydrogen (secondary N) is 1. The van der Waals surface area contributed by atoms with Gasteiger partial charge >= 0.3 is 0 Å². The third-order valence-electron chi connectivity index (χ3n) is 3.07. The lowest BCUT2D eigenvalue weighted by Gasteiger charge is -2.18. The van der Waals surface area contributed by atoms with Crippen molar-refractivity contribution in [2.75, 3.05) is 13.7 Å². The lowest BCUT2D eigenvalue weighted by Crippen LogP contribution is -2.23. The van der Waals surface area contributed by atoms with E-state index in [1.54, 1.807) is 13.0 Å². The van der Waals surface area contributed by atoms with E-state index in [1.807, 2.05) is 6.92 Å². The number of hydrogen-bond donors (Lipinski definition) is 1. The highest BCUT2D eigenvalue weighted by Gasteiger charge is 2.23. The molecule has 1 aromatic carbocycles. The molecule has 0 spiro atoms. The molecule has 0 fully saturated rings. The minimum Gasteiger partial charge on any atom is -0.497 e. The van der Waals surface area contributed by atoms with Crippen LogP contribution in [-0.4, -0.2) is 13.7 Å². The topological polar surface area (TPSA) is 34.4 Å². The standard InChI is InChI=1S/C15H17F2NO2/c1-4-18-15(10-5-9(2)20-8-10)14-12(16)6-11(19-3)7-13(14)17/h5-8,15,18H,4H2,1-3H3. The summed E-state index contributed by atoms with van der Waals surface area (Å²) in [6, 6.07) is 3.52. The molecule has 0 aliphatic rings. The van der Waals surface area contributed by atoms with Crippen molar-refractivity contribution in [3.05, 3.63) is 53.0 Å². The van der Waals surface area contributed by atoms with Crippen molar-refractivity contribution in [3.63, 3.8) is 0 Å². The minimum absolute atomic E-state index is 0.0338. The maximum atomic E-state index is 14.2. The molecule has 1 unspecified atom stereocenters. The number of hydrogen-bond acceptors (Lipinski definition) is 3. The summed E-state index contributed by atoms with van der Waals surface area (Å²) >= 11 is 0.